The van der Waals surface area contributed by atoms with Crippen LogP contribution in [0.5, 0.6) is 0 Å². The summed E-state index contributed by atoms with van der Waals surface area (Å²) in [5.41, 5.74) is 6.15. The van der Waals surface area contributed by atoms with Crippen LogP contribution in [0, 0.1) is 17.7 Å². The maximum Gasteiger partial charge on any atom is 0.247 e. The van der Waals surface area contributed by atoms with Crippen LogP contribution in [0.3, 0.4) is 0 Å². The van der Waals surface area contributed by atoms with Gasteiger partial charge in [0.1, 0.15) is 30.0 Å². The van der Waals surface area contributed by atoms with Gasteiger partial charge in [-0.25, -0.2) is 4.39 Å². The first kappa shape index (κ1) is 47.6. The summed E-state index contributed by atoms with van der Waals surface area (Å²) in [6.45, 7) is 3.70. The second-order valence-corrected chi connectivity index (χ2v) is 22.2. The van der Waals surface area contributed by atoms with Crippen LogP contribution in [0.2, 0.25) is 0 Å². The van der Waals surface area contributed by atoms with Crippen LogP contribution >= 0.6 is 0 Å². The number of fused-ring (bicyclic) bond motifs is 1. The molecule has 7 fully saturated rings. The zero-order valence-corrected chi connectivity index (χ0v) is 41.8. The smallest absolute Gasteiger partial charge is 0.247 e. The van der Waals surface area contributed by atoms with Crippen molar-refractivity contribution in [3.05, 3.63) is 162 Å². The fourth-order valence-electron chi connectivity index (χ4n) is 14.8. The lowest BCUT2D eigenvalue weighted by molar-refractivity contribution is -0.165. The summed E-state index contributed by atoms with van der Waals surface area (Å²) in [5.74, 6) is 0.168. The molecule has 11 nitrogen and oxygen atoms in total. The van der Waals surface area contributed by atoms with E-state index in [0.717, 1.165) is 112 Å². The van der Waals surface area contributed by atoms with Crippen LogP contribution in [-0.4, -0.2) is 92.6 Å². The quantitative estimate of drug-likeness (QED) is 0.121. The van der Waals surface area contributed by atoms with Crippen LogP contribution in [0.25, 0.3) is 0 Å². The molecule has 73 heavy (non-hydrogen) atoms. The molecule has 0 radical (unpaired) electrons. The zero-order chi connectivity index (χ0) is 49.6. The third-order valence-electron chi connectivity index (χ3n) is 18.0. The van der Waals surface area contributed by atoms with E-state index in [0.29, 0.717) is 49.1 Å². The molecule has 2 unspecified atom stereocenters. The Hall–Kier alpha value is -6.37. The first-order valence-corrected chi connectivity index (χ1v) is 27.3. The van der Waals surface area contributed by atoms with Crippen molar-refractivity contribution in [3.8, 4) is 0 Å². The molecular weight excluding hydrogens is 914 g/mol. The van der Waals surface area contributed by atoms with Gasteiger partial charge in [-0.2, -0.15) is 0 Å². The fourth-order valence-corrected chi connectivity index (χ4v) is 14.8. The van der Waals surface area contributed by atoms with E-state index in [2.05, 4.69) is 49.6 Å². The minimum Gasteiger partial charge on any atom is -0.363 e. The Bertz CT molecular complexity index is 2790. The van der Waals surface area contributed by atoms with Crippen molar-refractivity contribution in [1.29, 1.82) is 0 Å². The van der Waals surface area contributed by atoms with Crippen molar-refractivity contribution < 1.29 is 23.6 Å². The van der Waals surface area contributed by atoms with Crippen LogP contribution in [0.1, 0.15) is 118 Å². The number of nitrogens with zero attached hydrogens (tertiary/aromatic N) is 5. The van der Waals surface area contributed by atoms with Crippen molar-refractivity contribution in [1.82, 2.24) is 19.6 Å². The number of rotatable bonds is 13. The van der Waals surface area contributed by atoms with Gasteiger partial charge in [-0.15, -0.1) is 0 Å². The van der Waals surface area contributed by atoms with E-state index in [9.17, 15) is 23.6 Å². The van der Waals surface area contributed by atoms with Gasteiger partial charge >= 0.3 is 0 Å². The Morgan fingerprint density at radius 2 is 1.25 bits per heavy atom. The van der Waals surface area contributed by atoms with Crippen molar-refractivity contribution in [2.24, 2.45) is 11.8 Å². The number of halogens is 1. The maximum atomic E-state index is 14.9. The monoisotopic (exact) mass is 982 g/mol. The third kappa shape index (κ3) is 9.02. The largest absolute Gasteiger partial charge is 0.363 e. The lowest BCUT2D eigenvalue weighted by Crippen LogP contribution is -2.70. The van der Waals surface area contributed by atoms with Crippen molar-refractivity contribution in [2.75, 3.05) is 35.2 Å². The molecule has 2 aliphatic carbocycles. The lowest BCUT2D eigenvalue weighted by atomic mass is 9.76. The molecule has 9 atom stereocenters. The Balaban J connectivity index is 0.720. The number of carbonyl (C=O) groups excluding carboxylic acids is 4. The summed E-state index contributed by atoms with van der Waals surface area (Å²) >= 11 is 0. The van der Waals surface area contributed by atoms with Crippen LogP contribution < -0.4 is 15.5 Å². The molecule has 12 heteroatoms. The Kier molecular flexibility index (Phi) is 13.1. The minimum atomic E-state index is -0.536. The molecule has 0 bridgehead atoms. The first-order chi connectivity index (χ1) is 35.7. The van der Waals surface area contributed by atoms with Gasteiger partial charge in [0.2, 0.25) is 23.6 Å². The normalized spacial score (nSPS) is 28.0. The topological polar surface area (TPSA) is 109 Å². The summed E-state index contributed by atoms with van der Waals surface area (Å²) in [5, 5.41) is 6.41. The van der Waals surface area contributed by atoms with E-state index in [1.54, 1.807) is 12.1 Å². The summed E-state index contributed by atoms with van der Waals surface area (Å²) in [6.07, 6.45) is 13.1. The highest BCUT2D eigenvalue weighted by Crippen LogP contribution is 2.58. The third-order valence-corrected chi connectivity index (χ3v) is 18.0. The highest BCUT2D eigenvalue weighted by Gasteiger charge is 2.67. The number of likely N-dealkylation sites (tertiary alicyclic amines) is 2. The van der Waals surface area contributed by atoms with Gasteiger partial charge < -0.3 is 25.3 Å². The van der Waals surface area contributed by atoms with Crippen LogP contribution in [0.15, 0.2) is 133 Å². The Labute approximate surface area is 429 Å². The molecule has 2 N–H and O–H groups in total. The number of carbonyl (C=O) groups is 4. The number of amides is 4. The number of hydrogen-bond acceptors (Lipinski definition) is 7. The number of anilines is 3. The van der Waals surface area contributed by atoms with Crippen LogP contribution in [-0.2, 0) is 32.3 Å². The van der Waals surface area contributed by atoms with Gasteiger partial charge in [0.15, 0.2) is 0 Å². The highest BCUT2D eigenvalue weighted by molar-refractivity contribution is 6.00. The standard InChI is InChI=1S/C61H68FN7O4/c62-47-23-29-50(30-24-47)66(39-41-19-25-48(26-20-41)63-57(70)52-37-45-17-12-18-51(45)68(52)59(72)54(43-13-4-1-5-14-43)65-34-9-3-10-35-65)40-42-21-27-49(28-22-42)64-58(71)53-38-46-31-33-61-32-8-11-36-67(61)55(44-15-6-2-7-16-44)60(73)69(53)56(46)61/h1-2,4-7,13-16,19-30,45-46,51-56H,3,8-12,17-18,31-40H2,(H,63,70)(H,64,71)/t45-,46-,51-,52-,53-,54?,55+,56+,61?/m0/s1. The van der Waals surface area contributed by atoms with Gasteiger partial charge in [-0.3, -0.25) is 29.0 Å². The summed E-state index contributed by atoms with van der Waals surface area (Å²) < 4.78 is 14.3. The lowest BCUT2D eigenvalue weighted by Gasteiger charge is -2.58. The molecule has 5 aromatic carbocycles. The van der Waals surface area contributed by atoms with Gasteiger partial charge in [0, 0.05) is 41.7 Å². The SMILES string of the molecule is O=C(Nc1ccc(CN(Cc2ccc(NC(=O)[C@@H]3C[C@@H]4CCC56CCCCN5[C@H](c5ccccc5)C(=O)N3[C@H]46)cc2)c2ccc(F)cc2)cc1)[C@@H]1C[C@@H]2CCC[C@@H]2N1C(=O)C(c1ccccc1)N1CCCCC1. The van der Waals surface area contributed by atoms with Crippen molar-refractivity contribution >= 4 is 40.7 Å². The second kappa shape index (κ2) is 20.2. The summed E-state index contributed by atoms with van der Waals surface area (Å²) in [7, 11) is 0. The van der Waals surface area contributed by atoms with E-state index in [1.165, 1.54) is 18.6 Å². The molecular formula is C61H68FN7O4. The second-order valence-electron chi connectivity index (χ2n) is 22.2. The van der Waals surface area contributed by atoms with Crippen molar-refractivity contribution in [3.63, 3.8) is 0 Å². The number of benzene rings is 5. The molecule has 2 saturated carbocycles. The van der Waals surface area contributed by atoms with E-state index >= 15 is 0 Å². The predicted molar refractivity (Wildman–Crippen MR) is 282 cm³/mol. The van der Waals surface area contributed by atoms with E-state index in [-0.39, 0.29) is 53.1 Å². The minimum absolute atomic E-state index is 0.0509. The molecule has 5 aromatic rings. The highest BCUT2D eigenvalue weighted by atomic mass is 19.1. The average Bonchev–Trinajstić information content (AvgIpc) is 4.22. The number of nitrogens with one attached hydrogen (secondary N) is 2. The van der Waals surface area contributed by atoms with E-state index < -0.39 is 18.1 Å². The first-order valence-electron chi connectivity index (χ1n) is 27.3. The molecule has 12 rings (SSSR count). The summed E-state index contributed by atoms with van der Waals surface area (Å²) in [6, 6.07) is 40.9. The van der Waals surface area contributed by atoms with Gasteiger partial charge in [0.05, 0.1) is 6.04 Å². The predicted octanol–water partition coefficient (Wildman–Crippen LogP) is 10.3. The molecule has 7 aliphatic rings. The van der Waals surface area contributed by atoms with Crippen molar-refractivity contribution in [2.45, 2.75) is 138 Å². The van der Waals surface area contributed by atoms with Crippen LogP contribution in [0.4, 0.5) is 21.5 Å². The Morgan fingerprint density at radius 1 is 0.630 bits per heavy atom. The number of hydrogen-bond donors (Lipinski definition) is 2. The fraction of sp³-hybridized carbons (Fsp3) is 0.443. The van der Waals surface area contributed by atoms with Gasteiger partial charge in [-0.05, 0) is 166 Å². The molecule has 378 valence electrons. The van der Waals surface area contributed by atoms with Gasteiger partial charge in [-0.1, -0.05) is 104 Å². The average molecular weight is 982 g/mol. The molecule has 5 aliphatic heterocycles. The maximum absolute atomic E-state index is 14.9. The van der Waals surface area contributed by atoms with E-state index in [4.69, 9.17) is 0 Å². The molecule has 5 saturated heterocycles. The number of piperidine rings is 2. The molecule has 4 amide bonds. The molecule has 5 heterocycles. The van der Waals surface area contributed by atoms with Gasteiger partial charge in [0.25, 0.3) is 0 Å². The zero-order valence-electron chi connectivity index (χ0n) is 41.8. The molecule has 0 aromatic heterocycles. The Morgan fingerprint density at radius 3 is 1.92 bits per heavy atom. The summed E-state index contributed by atoms with van der Waals surface area (Å²) in [4.78, 5) is 69.2. The van der Waals surface area contributed by atoms with E-state index in [1.807, 2.05) is 94.7 Å². The molecule has 1 spiro atoms. The number of piperazine rings is 1.